The van der Waals surface area contributed by atoms with Crippen LogP contribution in [-0.2, 0) is 4.79 Å². The molecule has 4 nitrogen and oxygen atoms in total. The van der Waals surface area contributed by atoms with Crippen molar-refractivity contribution in [3.05, 3.63) is 29.8 Å². The molecule has 0 aromatic heterocycles. The molecule has 3 N–H and O–H groups in total. The molecule has 108 valence electrons. The fraction of sp³-hybridized carbons (Fsp3) is 0.500. The lowest BCUT2D eigenvalue weighted by Crippen LogP contribution is -2.40. The van der Waals surface area contributed by atoms with Gasteiger partial charge in [0.2, 0.25) is 5.91 Å². The number of benzene rings is 1. The highest BCUT2D eigenvalue weighted by molar-refractivity contribution is 5.85. The summed E-state index contributed by atoms with van der Waals surface area (Å²) in [7, 11) is 0. The Kier molecular flexibility index (Phi) is 8.19. The largest absolute Gasteiger partial charge is 0.492 e. The number of hydrogen-bond donors (Lipinski definition) is 2. The topological polar surface area (TPSA) is 64.4 Å². The number of carbonyl (C=O) groups is 1. The fourth-order valence-corrected chi connectivity index (χ4v) is 1.45. The number of rotatable bonds is 6. The van der Waals surface area contributed by atoms with Gasteiger partial charge in [-0.05, 0) is 30.5 Å². The normalized spacial score (nSPS) is 11.6. The minimum absolute atomic E-state index is 0. The summed E-state index contributed by atoms with van der Waals surface area (Å²) in [5, 5.41) is 2.69. The number of hydrogen-bond acceptors (Lipinski definition) is 3. The first-order valence-corrected chi connectivity index (χ1v) is 6.26. The van der Waals surface area contributed by atoms with Crippen LogP contribution in [0.4, 0.5) is 0 Å². The molecule has 1 rings (SSSR count). The van der Waals surface area contributed by atoms with Crippen LogP contribution in [0.5, 0.6) is 5.75 Å². The van der Waals surface area contributed by atoms with Gasteiger partial charge in [-0.1, -0.05) is 26.0 Å². The predicted octanol–water partition coefficient (Wildman–Crippen LogP) is 2.07. The summed E-state index contributed by atoms with van der Waals surface area (Å²) in [6.07, 6.45) is 0. The smallest absolute Gasteiger partial charge is 0.236 e. The van der Waals surface area contributed by atoms with Gasteiger partial charge in [-0.15, -0.1) is 12.4 Å². The van der Waals surface area contributed by atoms with E-state index in [0.717, 1.165) is 5.75 Å². The van der Waals surface area contributed by atoms with Crippen molar-refractivity contribution in [3.63, 3.8) is 0 Å². The number of halogens is 1. The standard InChI is InChI=1S/C14H22N2O2.ClH/c1-10(2)12-4-6-13(7-5-12)18-9-8-16-14(17)11(3)15;/h4-7,10-11H,8-9,15H2,1-3H3,(H,16,17);1H. The molecule has 0 spiro atoms. The molecule has 0 aliphatic carbocycles. The van der Waals surface area contributed by atoms with Crippen LogP contribution in [0, 0.1) is 0 Å². The van der Waals surface area contributed by atoms with E-state index in [0.29, 0.717) is 19.1 Å². The van der Waals surface area contributed by atoms with Crippen LogP contribution < -0.4 is 15.8 Å². The van der Waals surface area contributed by atoms with Gasteiger partial charge in [0.15, 0.2) is 0 Å². The molecule has 0 radical (unpaired) electrons. The van der Waals surface area contributed by atoms with Crippen LogP contribution in [0.1, 0.15) is 32.3 Å². The third-order valence-corrected chi connectivity index (χ3v) is 2.63. The van der Waals surface area contributed by atoms with Crippen LogP contribution >= 0.6 is 12.4 Å². The first kappa shape index (κ1) is 17.7. The Morgan fingerprint density at radius 1 is 1.26 bits per heavy atom. The van der Waals surface area contributed by atoms with E-state index in [-0.39, 0.29) is 18.3 Å². The Hall–Kier alpha value is -1.26. The lowest BCUT2D eigenvalue weighted by atomic mass is 10.0. The average molecular weight is 287 g/mol. The molecule has 1 amide bonds. The second-order valence-electron chi connectivity index (χ2n) is 4.65. The lowest BCUT2D eigenvalue weighted by Gasteiger charge is -2.10. The third-order valence-electron chi connectivity index (χ3n) is 2.63. The van der Waals surface area contributed by atoms with E-state index >= 15 is 0 Å². The Balaban J connectivity index is 0.00000324. The molecule has 0 heterocycles. The SMILES string of the molecule is CC(N)C(=O)NCCOc1ccc(C(C)C)cc1.Cl. The van der Waals surface area contributed by atoms with Crippen molar-refractivity contribution in [2.24, 2.45) is 5.73 Å². The lowest BCUT2D eigenvalue weighted by molar-refractivity contribution is -0.122. The second-order valence-corrected chi connectivity index (χ2v) is 4.65. The van der Waals surface area contributed by atoms with Crippen LogP contribution in [0.15, 0.2) is 24.3 Å². The van der Waals surface area contributed by atoms with Crippen molar-refractivity contribution in [1.29, 1.82) is 0 Å². The molecular weight excluding hydrogens is 264 g/mol. The minimum atomic E-state index is -0.477. The Morgan fingerprint density at radius 2 is 1.84 bits per heavy atom. The molecule has 1 atom stereocenters. The molecular formula is C14H23ClN2O2. The van der Waals surface area contributed by atoms with Crippen LogP contribution in [0.3, 0.4) is 0 Å². The number of carbonyl (C=O) groups excluding carboxylic acids is 1. The molecule has 1 aromatic carbocycles. The van der Waals surface area contributed by atoms with E-state index in [9.17, 15) is 4.79 Å². The van der Waals surface area contributed by atoms with Gasteiger partial charge in [0.1, 0.15) is 12.4 Å². The first-order valence-electron chi connectivity index (χ1n) is 6.26. The summed E-state index contributed by atoms with van der Waals surface area (Å²) in [4.78, 5) is 11.2. The molecule has 0 saturated heterocycles. The average Bonchev–Trinajstić information content (AvgIpc) is 2.34. The Bertz CT molecular complexity index is 378. The quantitative estimate of drug-likeness (QED) is 0.787. The van der Waals surface area contributed by atoms with E-state index in [4.69, 9.17) is 10.5 Å². The summed E-state index contributed by atoms with van der Waals surface area (Å²) >= 11 is 0. The maximum Gasteiger partial charge on any atom is 0.236 e. The molecule has 0 saturated carbocycles. The summed E-state index contributed by atoms with van der Waals surface area (Å²) in [6, 6.07) is 7.53. The second kappa shape index (κ2) is 8.77. The zero-order valence-electron chi connectivity index (χ0n) is 11.7. The monoisotopic (exact) mass is 286 g/mol. The molecule has 1 unspecified atom stereocenters. The van der Waals surface area contributed by atoms with Gasteiger partial charge in [0.05, 0.1) is 12.6 Å². The first-order chi connectivity index (χ1) is 8.50. The van der Waals surface area contributed by atoms with Crippen molar-refractivity contribution < 1.29 is 9.53 Å². The van der Waals surface area contributed by atoms with E-state index in [1.54, 1.807) is 6.92 Å². The Labute approximate surface area is 121 Å². The van der Waals surface area contributed by atoms with Gasteiger partial charge in [-0.3, -0.25) is 4.79 Å². The van der Waals surface area contributed by atoms with E-state index in [1.807, 2.05) is 12.1 Å². The van der Waals surface area contributed by atoms with Crippen LogP contribution in [0.2, 0.25) is 0 Å². The minimum Gasteiger partial charge on any atom is -0.492 e. The summed E-state index contributed by atoms with van der Waals surface area (Å²) in [5.74, 6) is 1.17. The molecule has 0 aliphatic heterocycles. The summed E-state index contributed by atoms with van der Waals surface area (Å²) in [5.41, 5.74) is 6.71. The molecule has 0 aliphatic rings. The van der Waals surface area contributed by atoms with Crippen molar-refractivity contribution in [2.75, 3.05) is 13.2 Å². The highest BCUT2D eigenvalue weighted by atomic mass is 35.5. The zero-order chi connectivity index (χ0) is 13.5. The summed E-state index contributed by atoms with van der Waals surface area (Å²) < 4.78 is 5.52. The highest BCUT2D eigenvalue weighted by Gasteiger charge is 2.05. The predicted molar refractivity (Wildman–Crippen MR) is 79.9 cm³/mol. The van der Waals surface area contributed by atoms with Crippen LogP contribution in [-0.4, -0.2) is 25.1 Å². The number of nitrogens with two attached hydrogens (primary N) is 1. The molecule has 0 bridgehead atoms. The van der Waals surface area contributed by atoms with Gasteiger partial charge in [-0.2, -0.15) is 0 Å². The van der Waals surface area contributed by atoms with E-state index < -0.39 is 6.04 Å². The fourth-order valence-electron chi connectivity index (χ4n) is 1.45. The summed E-state index contributed by atoms with van der Waals surface area (Å²) in [6.45, 7) is 6.87. The maximum atomic E-state index is 11.2. The van der Waals surface area contributed by atoms with Gasteiger partial charge in [0, 0.05) is 0 Å². The maximum absolute atomic E-state index is 11.2. The van der Waals surface area contributed by atoms with Gasteiger partial charge in [-0.25, -0.2) is 0 Å². The van der Waals surface area contributed by atoms with Crippen molar-refractivity contribution in [2.45, 2.75) is 32.7 Å². The third kappa shape index (κ3) is 6.45. The number of amides is 1. The van der Waals surface area contributed by atoms with Gasteiger partial charge in [0.25, 0.3) is 0 Å². The number of nitrogens with one attached hydrogen (secondary N) is 1. The van der Waals surface area contributed by atoms with E-state index in [1.165, 1.54) is 5.56 Å². The van der Waals surface area contributed by atoms with Gasteiger partial charge < -0.3 is 15.8 Å². The van der Waals surface area contributed by atoms with E-state index in [2.05, 4.69) is 31.3 Å². The Morgan fingerprint density at radius 3 is 2.32 bits per heavy atom. The van der Waals surface area contributed by atoms with Crippen molar-refractivity contribution >= 4 is 18.3 Å². The zero-order valence-corrected chi connectivity index (χ0v) is 12.5. The molecule has 5 heteroatoms. The number of ether oxygens (including phenoxy) is 1. The van der Waals surface area contributed by atoms with Crippen molar-refractivity contribution in [3.8, 4) is 5.75 Å². The molecule has 0 fully saturated rings. The molecule has 1 aromatic rings. The highest BCUT2D eigenvalue weighted by Crippen LogP contribution is 2.18. The molecule has 19 heavy (non-hydrogen) atoms. The van der Waals surface area contributed by atoms with Crippen molar-refractivity contribution in [1.82, 2.24) is 5.32 Å². The van der Waals surface area contributed by atoms with Crippen LogP contribution in [0.25, 0.3) is 0 Å². The van der Waals surface area contributed by atoms with Gasteiger partial charge >= 0.3 is 0 Å².